The monoisotopic (exact) mass is 454 g/mol. The first-order valence-corrected chi connectivity index (χ1v) is 11.3. The normalized spacial score (nSPS) is 14.8. The lowest BCUT2D eigenvalue weighted by molar-refractivity contribution is -0.122. The van der Waals surface area contributed by atoms with Crippen LogP contribution in [0.3, 0.4) is 0 Å². The quantitative estimate of drug-likeness (QED) is 0.567. The van der Waals surface area contributed by atoms with Crippen LogP contribution in [-0.4, -0.2) is 34.6 Å². The minimum Gasteiger partial charge on any atom is -0.497 e. The number of amides is 1. The molecule has 3 aromatic carbocycles. The Hall–Kier alpha value is -3.72. The predicted octanol–water partition coefficient (Wildman–Crippen LogP) is 3.45. The van der Waals surface area contributed by atoms with Gasteiger partial charge in [-0.25, -0.2) is 8.42 Å². The molecule has 0 saturated heterocycles. The third-order valence-electron chi connectivity index (χ3n) is 5.02. The molecular formula is C23H22N2O6S. The number of methoxy groups -OCH3 is 2. The van der Waals surface area contributed by atoms with Crippen LogP contribution in [0.15, 0.2) is 71.6 Å². The summed E-state index contributed by atoms with van der Waals surface area (Å²) in [5.74, 6) is 1.22. The van der Waals surface area contributed by atoms with Gasteiger partial charge in [-0.2, -0.15) is 0 Å². The number of hydrogen-bond donors (Lipinski definition) is 2. The Labute approximate surface area is 186 Å². The van der Waals surface area contributed by atoms with Gasteiger partial charge in [0.2, 0.25) is 0 Å². The summed E-state index contributed by atoms with van der Waals surface area (Å²) in [5, 5.41) is 2.73. The zero-order valence-corrected chi connectivity index (χ0v) is 18.3. The van der Waals surface area contributed by atoms with Crippen molar-refractivity contribution in [1.29, 1.82) is 0 Å². The first-order chi connectivity index (χ1) is 15.4. The van der Waals surface area contributed by atoms with Crippen LogP contribution in [0.5, 0.6) is 17.2 Å². The lowest BCUT2D eigenvalue weighted by atomic mass is 10.1. The largest absolute Gasteiger partial charge is 0.497 e. The van der Waals surface area contributed by atoms with Crippen LogP contribution in [-0.2, 0) is 21.2 Å². The van der Waals surface area contributed by atoms with Crippen molar-refractivity contribution in [2.24, 2.45) is 0 Å². The van der Waals surface area contributed by atoms with Gasteiger partial charge in [-0.3, -0.25) is 9.52 Å². The minimum absolute atomic E-state index is 0.0277. The lowest BCUT2D eigenvalue weighted by Crippen LogP contribution is -2.31. The van der Waals surface area contributed by atoms with Crippen LogP contribution >= 0.6 is 0 Å². The molecule has 4 rings (SSSR count). The van der Waals surface area contributed by atoms with Gasteiger partial charge in [0.25, 0.3) is 15.9 Å². The maximum Gasteiger partial charge on any atom is 0.265 e. The third kappa shape index (κ3) is 4.47. The fraction of sp³-hybridized carbons (Fsp3) is 0.174. The molecule has 1 aliphatic rings. The number of carbonyl (C=O) groups is 1. The molecule has 0 saturated carbocycles. The van der Waals surface area contributed by atoms with Crippen molar-refractivity contribution in [3.8, 4) is 17.2 Å². The molecule has 0 radical (unpaired) electrons. The van der Waals surface area contributed by atoms with E-state index in [0.29, 0.717) is 29.4 Å². The Morgan fingerprint density at radius 3 is 2.44 bits per heavy atom. The smallest absolute Gasteiger partial charge is 0.265 e. The van der Waals surface area contributed by atoms with Crippen LogP contribution in [0.4, 0.5) is 11.4 Å². The van der Waals surface area contributed by atoms with E-state index in [1.54, 1.807) is 30.3 Å². The number of rotatable bonds is 7. The summed E-state index contributed by atoms with van der Waals surface area (Å²) in [6.45, 7) is 0. The summed E-state index contributed by atoms with van der Waals surface area (Å²) in [6.07, 6.45) is -0.281. The predicted molar refractivity (Wildman–Crippen MR) is 120 cm³/mol. The van der Waals surface area contributed by atoms with E-state index in [4.69, 9.17) is 14.2 Å². The van der Waals surface area contributed by atoms with Crippen molar-refractivity contribution in [3.63, 3.8) is 0 Å². The van der Waals surface area contributed by atoms with Gasteiger partial charge < -0.3 is 19.5 Å². The molecule has 0 bridgehead atoms. The van der Waals surface area contributed by atoms with Gasteiger partial charge in [-0.15, -0.1) is 0 Å². The molecule has 0 aliphatic carbocycles. The second kappa shape index (κ2) is 8.80. The Kier molecular flexibility index (Phi) is 5.91. The molecule has 32 heavy (non-hydrogen) atoms. The van der Waals surface area contributed by atoms with Gasteiger partial charge in [0.1, 0.15) is 17.2 Å². The highest BCUT2D eigenvalue weighted by Crippen LogP contribution is 2.32. The van der Waals surface area contributed by atoms with Crippen LogP contribution in [0, 0.1) is 0 Å². The molecule has 0 unspecified atom stereocenters. The molecule has 3 aromatic rings. The van der Waals surface area contributed by atoms with Crippen LogP contribution in [0.1, 0.15) is 5.56 Å². The van der Waals surface area contributed by atoms with E-state index < -0.39 is 22.0 Å². The number of carbonyl (C=O) groups excluding carboxylic acids is 1. The molecule has 166 valence electrons. The molecule has 1 atom stereocenters. The maximum atomic E-state index is 12.9. The fourth-order valence-corrected chi connectivity index (χ4v) is 4.45. The molecule has 2 N–H and O–H groups in total. The Balaban J connectivity index is 1.53. The summed E-state index contributed by atoms with van der Waals surface area (Å²) in [5.41, 5.74) is 1.55. The SMILES string of the molecule is COc1ccc(NS(=O)(=O)c2ccc(OC)c(NC(=O)[C@H]3Cc4ccccc4O3)c2)cc1. The van der Waals surface area contributed by atoms with E-state index in [1.807, 2.05) is 18.2 Å². The number of fused-ring (bicyclic) bond motifs is 1. The molecule has 1 heterocycles. The molecule has 0 spiro atoms. The van der Waals surface area contributed by atoms with E-state index in [2.05, 4.69) is 10.0 Å². The molecular weight excluding hydrogens is 432 g/mol. The number of sulfonamides is 1. The highest BCUT2D eigenvalue weighted by atomic mass is 32.2. The van der Waals surface area contributed by atoms with Crippen LogP contribution in [0.2, 0.25) is 0 Å². The number of hydrogen-bond acceptors (Lipinski definition) is 6. The van der Waals surface area contributed by atoms with Crippen molar-refractivity contribution < 1.29 is 27.4 Å². The van der Waals surface area contributed by atoms with Gasteiger partial charge in [-0.1, -0.05) is 18.2 Å². The van der Waals surface area contributed by atoms with E-state index in [9.17, 15) is 13.2 Å². The molecule has 0 aromatic heterocycles. The van der Waals surface area contributed by atoms with E-state index >= 15 is 0 Å². The zero-order valence-electron chi connectivity index (χ0n) is 17.5. The first kappa shape index (κ1) is 21.5. The van der Waals surface area contributed by atoms with Gasteiger partial charge in [0.15, 0.2) is 6.10 Å². The number of anilines is 2. The van der Waals surface area contributed by atoms with Crippen LogP contribution in [0.25, 0.3) is 0 Å². The molecule has 0 fully saturated rings. The topological polar surface area (TPSA) is 103 Å². The maximum absolute atomic E-state index is 12.9. The second-order valence-electron chi connectivity index (χ2n) is 7.10. The highest BCUT2D eigenvalue weighted by Gasteiger charge is 2.29. The van der Waals surface area contributed by atoms with Crippen molar-refractivity contribution >= 4 is 27.3 Å². The fourth-order valence-electron chi connectivity index (χ4n) is 3.37. The van der Waals surface area contributed by atoms with Gasteiger partial charge in [0.05, 0.1) is 24.8 Å². The van der Waals surface area contributed by atoms with E-state index in [-0.39, 0.29) is 10.6 Å². The summed E-state index contributed by atoms with van der Waals surface area (Å²) < 4.78 is 44.4. The van der Waals surface area contributed by atoms with Crippen molar-refractivity contribution in [3.05, 3.63) is 72.3 Å². The van der Waals surface area contributed by atoms with E-state index in [1.165, 1.54) is 32.4 Å². The van der Waals surface area contributed by atoms with Crippen molar-refractivity contribution in [2.75, 3.05) is 24.3 Å². The number of ether oxygens (including phenoxy) is 3. The molecule has 8 nitrogen and oxygen atoms in total. The van der Waals surface area contributed by atoms with E-state index in [0.717, 1.165) is 5.56 Å². The van der Waals surface area contributed by atoms with Gasteiger partial charge in [0, 0.05) is 12.1 Å². The van der Waals surface area contributed by atoms with Crippen molar-refractivity contribution in [1.82, 2.24) is 0 Å². The average Bonchev–Trinajstić information content (AvgIpc) is 3.24. The first-order valence-electron chi connectivity index (χ1n) is 9.80. The number of benzene rings is 3. The summed E-state index contributed by atoms with van der Waals surface area (Å²) in [7, 11) is -0.937. The summed E-state index contributed by atoms with van der Waals surface area (Å²) in [6, 6.07) is 18.2. The summed E-state index contributed by atoms with van der Waals surface area (Å²) in [4.78, 5) is 12.8. The Bertz CT molecular complexity index is 1220. The Morgan fingerprint density at radius 2 is 1.75 bits per heavy atom. The molecule has 1 amide bonds. The second-order valence-corrected chi connectivity index (χ2v) is 8.79. The Morgan fingerprint density at radius 1 is 1.00 bits per heavy atom. The third-order valence-corrected chi connectivity index (χ3v) is 6.40. The number of para-hydroxylation sites is 1. The van der Waals surface area contributed by atoms with Gasteiger partial charge in [-0.05, 0) is 54.1 Å². The van der Waals surface area contributed by atoms with Gasteiger partial charge >= 0.3 is 0 Å². The molecule has 1 aliphatic heterocycles. The summed E-state index contributed by atoms with van der Waals surface area (Å²) >= 11 is 0. The lowest BCUT2D eigenvalue weighted by Gasteiger charge is -2.15. The zero-order chi connectivity index (χ0) is 22.7. The van der Waals surface area contributed by atoms with Crippen LogP contribution < -0.4 is 24.2 Å². The standard InChI is InChI=1S/C23H22N2O6S/c1-29-17-9-7-16(8-10-17)25-32(27,28)18-11-12-21(30-2)19(14-18)24-23(26)22-13-15-5-3-4-6-20(15)31-22/h3-12,14,22,25H,13H2,1-2H3,(H,24,26)/t22-/m1/s1. The number of nitrogens with one attached hydrogen (secondary N) is 2. The molecule has 9 heteroatoms. The van der Waals surface area contributed by atoms with Crippen molar-refractivity contribution in [2.45, 2.75) is 17.4 Å². The highest BCUT2D eigenvalue weighted by molar-refractivity contribution is 7.92. The average molecular weight is 455 g/mol. The minimum atomic E-state index is -3.91.